The summed E-state index contributed by atoms with van der Waals surface area (Å²) >= 11 is 0. The zero-order valence-corrected chi connectivity index (χ0v) is 12.4. The van der Waals surface area contributed by atoms with E-state index in [-0.39, 0.29) is 12.5 Å². The molecule has 116 valence electrons. The van der Waals surface area contributed by atoms with Gasteiger partial charge in [0.1, 0.15) is 12.1 Å². The molecule has 0 radical (unpaired) electrons. The number of fused-ring (bicyclic) bond motifs is 1. The summed E-state index contributed by atoms with van der Waals surface area (Å²) < 4.78 is 0. The van der Waals surface area contributed by atoms with Gasteiger partial charge in [0.2, 0.25) is 0 Å². The third kappa shape index (κ3) is 2.87. The highest BCUT2D eigenvalue weighted by atomic mass is 16.3. The number of rotatable bonds is 3. The number of aromatic nitrogens is 2. The molecule has 3 N–H and O–H groups in total. The number of piperidine rings is 1. The van der Waals surface area contributed by atoms with Gasteiger partial charge in [0, 0.05) is 30.6 Å². The van der Waals surface area contributed by atoms with Gasteiger partial charge >= 0.3 is 0 Å². The second kappa shape index (κ2) is 6.27. The molecule has 6 nitrogen and oxygen atoms in total. The van der Waals surface area contributed by atoms with Gasteiger partial charge in [-0.25, -0.2) is 9.97 Å². The van der Waals surface area contributed by atoms with Crippen molar-refractivity contribution in [2.75, 3.05) is 25.4 Å². The van der Waals surface area contributed by atoms with Crippen LogP contribution in [0.3, 0.4) is 0 Å². The fraction of sp³-hybridized carbons (Fsp3) is 0.438. The van der Waals surface area contributed by atoms with Crippen molar-refractivity contribution in [2.24, 2.45) is 5.92 Å². The Morgan fingerprint density at radius 3 is 2.82 bits per heavy atom. The summed E-state index contributed by atoms with van der Waals surface area (Å²) in [5.74, 6) is 0.980. The van der Waals surface area contributed by atoms with Crippen molar-refractivity contribution in [2.45, 2.75) is 19.3 Å². The van der Waals surface area contributed by atoms with Crippen LogP contribution >= 0.6 is 0 Å². The normalized spacial score (nSPS) is 16.1. The van der Waals surface area contributed by atoms with Crippen LogP contribution < -0.4 is 5.73 Å². The van der Waals surface area contributed by atoms with Crippen molar-refractivity contribution in [1.29, 1.82) is 0 Å². The molecular weight excluding hydrogens is 280 g/mol. The summed E-state index contributed by atoms with van der Waals surface area (Å²) in [6, 6.07) is 5.36. The Morgan fingerprint density at radius 1 is 1.32 bits per heavy atom. The molecule has 0 unspecified atom stereocenters. The number of amides is 1. The summed E-state index contributed by atoms with van der Waals surface area (Å²) in [4.78, 5) is 22.6. The number of nitrogens with zero attached hydrogens (tertiary/aromatic N) is 3. The predicted molar refractivity (Wildman–Crippen MR) is 84.3 cm³/mol. The fourth-order valence-corrected chi connectivity index (χ4v) is 3.00. The van der Waals surface area contributed by atoms with Gasteiger partial charge < -0.3 is 15.7 Å². The minimum absolute atomic E-state index is 0.0292. The number of carbonyl (C=O) groups excluding carboxylic acids is 1. The molecule has 1 aliphatic rings. The van der Waals surface area contributed by atoms with Gasteiger partial charge in [-0.2, -0.15) is 0 Å². The second-order valence-corrected chi connectivity index (χ2v) is 5.74. The van der Waals surface area contributed by atoms with Crippen molar-refractivity contribution in [3.8, 4) is 0 Å². The number of carbonyl (C=O) groups is 1. The molecule has 2 heterocycles. The molecule has 0 aliphatic carbocycles. The lowest BCUT2D eigenvalue weighted by atomic mass is 9.93. The van der Waals surface area contributed by atoms with E-state index in [4.69, 9.17) is 10.8 Å². The van der Waals surface area contributed by atoms with E-state index in [1.165, 1.54) is 6.33 Å². The average molecular weight is 300 g/mol. The summed E-state index contributed by atoms with van der Waals surface area (Å²) in [6.45, 7) is 1.71. The molecule has 1 aliphatic heterocycles. The number of hydrogen-bond acceptors (Lipinski definition) is 5. The predicted octanol–water partition coefficient (Wildman–Crippen LogP) is 1.45. The first-order chi connectivity index (χ1) is 10.7. The molecule has 1 amide bonds. The topological polar surface area (TPSA) is 92.3 Å². The number of likely N-dealkylation sites (tertiary alicyclic amines) is 1. The first-order valence-electron chi connectivity index (χ1n) is 7.59. The van der Waals surface area contributed by atoms with Crippen LogP contribution in [0.25, 0.3) is 10.9 Å². The minimum Gasteiger partial charge on any atom is -0.396 e. The highest BCUT2D eigenvalue weighted by Crippen LogP contribution is 2.23. The van der Waals surface area contributed by atoms with Gasteiger partial charge in [-0.15, -0.1) is 0 Å². The third-order valence-electron chi connectivity index (χ3n) is 4.35. The van der Waals surface area contributed by atoms with E-state index in [9.17, 15) is 4.79 Å². The Morgan fingerprint density at radius 2 is 2.09 bits per heavy atom. The molecular formula is C16H20N4O2. The van der Waals surface area contributed by atoms with E-state index in [0.717, 1.165) is 37.7 Å². The smallest absolute Gasteiger partial charge is 0.253 e. The number of aliphatic hydroxyl groups is 1. The Balaban J connectivity index is 1.75. The zero-order chi connectivity index (χ0) is 15.5. The number of nitrogens with two attached hydrogens (primary N) is 1. The second-order valence-electron chi connectivity index (χ2n) is 5.74. The molecule has 22 heavy (non-hydrogen) atoms. The van der Waals surface area contributed by atoms with E-state index in [1.807, 2.05) is 4.90 Å². The molecule has 2 aromatic rings. The van der Waals surface area contributed by atoms with Crippen molar-refractivity contribution < 1.29 is 9.90 Å². The van der Waals surface area contributed by atoms with E-state index < -0.39 is 0 Å². The maximum atomic E-state index is 12.6. The SMILES string of the molecule is Nc1ncnc2cc(C(=O)N3CCC(CCO)CC3)ccc12. The van der Waals surface area contributed by atoms with Crippen LogP contribution in [0.5, 0.6) is 0 Å². The largest absolute Gasteiger partial charge is 0.396 e. The quantitative estimate of drug-likeness (QED) is 0.895. The Bertz CT molecular complexity index is 681. The number of aliphatic hydroxyl groups excluding tert-OH is 1. The van der Waals surface area contributed by atoms with Gasteiger partial charge in [0.05, 0.1) is 5.52 Å². The first-order valence-corrected chi connectivity index (χ1v) is 7.59. The molecule has 1 fully saturated rings. The lowest BCUT2D eigenvalue weighted by molar-refractivity contribution is 0.0678. The monoisotopic (exact) mass is 300 g/mol. The molecule has 6 heteroatoms. The van der Waals surface area contributed by atoms with Crippen LogP contribution in [0.1, 0.15) is 29.6 Å². The minimum atomic E-state index is 0.0292. The van der Waals surface area contributed by atoms with Gasteiger partial charge in [-0.05, 0) is 43.4 Å². The van der Waals surface area contributed by atoms with E-state index >= 15 is 0 Å². The third-order valence-corrected chi connectivity index (χ3v) is 4.35. The summed E-state index contributed by atoms with van der Waals surface area (Å²) in [5, 5.41) is 9.76. The van der Waals surface area contributed by atoms with Gasteiger partial charge in [-0.3, -0.25) is 4.79 Å². The average Bonchev–Trinajstić information content (AvgIpc) is 2.55. The fourth-order valence-electron chi connectivity index (χ4n) is 3.00. The molecule has 1 saturated heterocycles. The zero-order valence-electron chi connectivity index (χ0n) is 12.4. The molecule has 0 spiro atoms. The van der Waals surface area contributed by atoms with Crippen LogP contribution in [-0.2, 0) is 0 Å². The molecule has 1 aromatic heterocycles. The molecule has 0 atom stereocenters. The summed E-state index contributed by atoms with van der Waals surface area (Å²) in [5.41, 5.74) is 7.12. The van der Waals surface area contributed by atoms with E-state index in [0.29, 0.717) is 22.8 Å². The summed E-state index contributed by atoms with van der Waals surface area (Å²) in [7, 11) is 0. The Hall–Kier alpha value is -2.21. The maximum absolute atomic E-state index is 12.6. The Labute approximate surface area is 129 Å². The molecule has 1 aromatic carbocycles. The van der Waals surface area contributed by atoms with Gasteiger partial charge in [0.15, 0.2) is 0 Å². The first kappa shape index (κ1) is 14.7. The van der Waals surface area contributed by atoms with E-state index in [2.05, 4.69) is 9.97 Å². The molecule has 0 bridgehead atoms. The van der Waals surface area contributed by atoms with Crippen molar-refractivity contribution >= 4 is 22.6 Å². The lowest BCUT2D eigenvalue weighted by Crippen LogP contribution is -2.38. The lowest BCUT2D eigenvalue weighted by Gasteiger charge is -2.31. The van der Waals surface area contributed by atoms with Crippen LogP contribution in [-0.4, -0.2) is 45.6 Å². The molecule has 0 saturated carbocycles. The maximum Gasteiger partial charge on any atom is 0.253 e. The number of nitrogen functional groups attached to an aromatic ring is 1. The van der Waals surface area contributed by atoms with Crippen LogP contribution in [0.4, 0.5) is 5.82 Å². The van der Waals surface area contributed by atoms with Gasteiger partial charge in [0.25, 0.3) is 5.91 Å². The highest BCUT2D eigenvalue weighted by Gasteiger charge is 2.23. The number of benzene rings is 1. The van der Waals surface area contributed by atoms with Crippen molar-refractivity contribution in [3.05, 3.63) is 30.1 Å². The van der Waals surface area contributed by atoms with Crippen LogP contribution in [0.2, 0.25) is 0 Å². The van der Waals surface area contributed by atoms with E-state index in [1.54, 1.807) is 18.2 Å². The van der Waals surface area contributed by atoms with Crippen LogP contribution in [0, 0.1) is 5.92 Å². The van der Waals surface area contributed by atoms with Crippen LogP contribution in [0.15, 0.2) is 24.5 Å². The number of hydrogen-bond donors (Lipinski definition) is 2. The number of anilines is 1. The van der Waals surface area contributed by atoms with Crippen molar-refractivity contribution in [1.82, 2.24) is 14.9 Å². The standard InChI is InChI=1S/C16H20N4O2/c17-15-13-2-1-12(9-14(13)18-10-19-15)16(22)20-6-3-11(4-7-20)5-8-21/h1-2,9-11,21H,3-8H2,(H2,17,18,19). The molecule has 3 rings (SSSR count). The summed E-state index contributed by atoms with van der Waals surface area (Å²) in [6.07, 6.45) is 4.14. The van der Waals surface area contributed by atoms with Crippen molar-refractivity contribution in [3.63, 3.8) is 0 Å². The Kier molecular flexibility index (Phi) is 4.20. The highest BCUT2D eigenvalue weighted by molar-refractivity contribution is 5.99. The van der Waals surface area contributed by atoms with Gasteiger partial charge in [-0.1, -0.05) is 0 Å².